The summed E-state index contributed by atoms with van der Waals surface area (Å²) in [6, 6.07) is 5.54. The molecule has 0 spiro atoms. The quantitative estimate of drug-likeness (QED) is 0.831. The lowest BCUT2D eigenvalue weighted by atomic mass is 10.2. The van der Waals surface area contributed by atoms with Crippen LogP contribution in [-0.4, -0.2) is 57.0 Å². The van der Waals surface area contributed by atoms with Gasteiger partial charge < -0.3 is 4.74 Å². The highest BCUT2D eigenvalue weighted by Crippen LogP contribution is 2.24. The fourth-order valence-electron chi connectivity index (χ4n) is 2.80. The topological polar surface area (TPSA) is 49.9 Å². The molecule has 1 aromatic rings. The monoisotopic (exact) mass is 326 g/mol. The number of hydrogen-bond donors (Lipinski definition) is 0. The fraction of sp³-hybridized carbons (Fsp3) is 0.625. The number of benzene rings is 1. The Morgan fingerprint density at radius 2 is 1.86 bits per heavy atom. The number of rotatable bonds is 5. The summed E-state index contributed by atoms with van der Waals surface area (Å²) in [6.45, 7) is 8.91. The number of hydrogen-bond acceptors (Lipinski definition) is 4. The van der Waals surface area contributed by atoms with Crippen molar-refractivity contribution < 1.29 is 13.2 Å². The van der Waals surface area contributed by atoms with Crippen LogP contribution in [0.4, 0.5) is 0 Å². The van der Waals surface area contributed by atoms with E-state index in [0.717, 1.165) is 25.1 Å². The van der Waals surface area contributed by atoms with Gasteiger partial charge in [-0.1, -0.05) is 6.92 Å². The zero-order chi connectivity index (χ0) is 16.3. The van der Waals surface area contributed by atoms with Gasteiger partial charge in [0, 0.05) is 32.2 Å². The van der Waals surface area contributed by atoms with Crippen molar-refractivity contribution in [3.05, 3.63) is 23.8 Å². The van der Waals surface area contributed by atoms with Crippen LogP contribution in [-0.2, 0) is 10.0 Å². The molecule has 1 aliphatic heterocycles. The maximum atomic E-state index is 12.8. The Morgan fingerprint density at radius 3 is 2.36 bits per heavy atom. The Bertz CT molecular complexity index is 608. The predicted molar refractivity (Wildman–Crippen MR) is 87.8 cm³/mol. The molecule has 1 heterocycles. The summed E-state index contributed by atoms with van der Waals surface area (Å²) >= 11 is 0. The van der Waals surface area contributed by atoms with Crippen molar-refractivity contribution >= 4 is 10.0 Å². The number of piperazine rings is 1. The van der Waals surface area contributed by atoms with Crippen molar-refractivity contribution in [2.75, 3.05) is 33.3 Å². The summed E-state index contributed by atoms with van der Waals surface area (Å²) in [7, 11) is -1.83. The van der Waals surface area contributed by atoms with E-state index in [1.165, 1.54) is 0 Å². The molecule has 6 heteroatoms. The van der Waals surface area contributed by atoms with Crippen molar-refractivity contribution in [2.24, 2.45) is 0 Å². The van der Waals surface area contributed by atoms with Crippen molar-refractivity contribution in [2.45, 2.75) is 38.1 Å². The van der Waals surface area contributed by atoms with Gasteiger partial charge >= 0.3 is 0 Å². The summed E-state index contributed by atoms with van der Waals surface area (Å²) in [4.78, 5) is 2.70. The first kappa shape index (κ1) is 17.2. The fourth-order valence-corrected chi connectivity index (χ4v) is 4.31. The molecular formula is C16H26N2O3S. The van der Waals surface area contributed by atoms with Gasteiger partial charge in [-0.05, 0) is 44.0 Å². The highest BCUT2D eigenvalue weighted by atomic mass is 32.2. The Kier molecular flexibility index (Phi) is 5.47. The minimum Gasteiger partial charge on any atom is -0.496 e. The second kappa shape index (κ2) is 6.98. The number of sulfonamides is 1. The maximum Gasteiger partial charge on any atom is 0.243 e. The van der Waals surface area contributed by atoms with Crippen LogP contribution in [0.1, 0.15) is 25.8 Å². The summed E-state index contributed by atoms with van der Waals surface area (Å²) in [5.74, 6) is 0.709. The lowest BCUT2D eigenvalue weighted by molar-refractivity contribution is 0.142. The highest BCUT2D eigenvalue weighted by Gasteiger charge is 2.29. The Morgan fingerprint density at radius 1 is 1.23 bits per heavy atom. The van der Waals surface area contributed by atoms with Crippen molar-refractivity contribution in [3.63, 3.8) is 0 Å². The van der Waals surface area contributed by atoms with Crippen LogP contribution in [0.2, 0.25) is 0 Å². The van der Waals surface area contributed by atoms with Gasteiger partial charge in [0.05, 0.1) is 12.0 Å². The van der Waals surface area contributed by atoms with Crippen LogP contribution in [0.3, 0.4) is 0 Å². The third-order valence-electron chi connectivity index (χ3n) is 4.49. The van der Waals surface area contributed by atoms with E-state index in [4.69, 9.17) is 4.74 Å². The average molecular weight is 326 g/mol. The largest absolute Gasteiger partial charge is 0.496 e. The molecule has 5 nitrogen and oxygen atoms in total. The molecule has 1 fully saturated rings. The lowest BCUT2D eigenvalue weighted by Crippen LogP contribution is -2.51. The number of methoxy groups -OCH3 is 1. The smallest absolute Gasteiger partial charge is 0.243 e. The molecular weight excluding hydrogens is 300 g/mol. The Hall–Kier alpha value is -1.11. The molecule has 124 valence electrons. The lowest BCUT2D eigenvalue weighted by Gasteiger charge is -2.37. The van der Waals surface area contributed by atoms with E-state index in [1.54, 1.807) is 29.6 Å². The molecule has 1 atom stereocenters. The summed E-state index contributed by atoms with van der Waals surface area (Å²) in [6.07, 6.45) is 1.09. The summed E-state index contributed by atoms with van der Waals surface area (Å²) in [5, 5.41) is 0. The van der Waals surface area contributed by atoms with E-state index in [9.17, 15) is 8.42 Å². The highest BCUT2D eigenvalue weighted by molar-refractivity contribution is 7.89. The molecule has 0 amide bonds. The molecule has 0 N–H and O–H groups in total. The third kappa shape index (κ3) is 3.45. The first-order chi connectivity index (χ1) is 10.4. The van der Waals surface area contributed by atoms with Crippen molar-refractivity contribution in [1.29, 1.82) is 0 Å². The molecule has 1 saturated heterocycles. The second-order valence-electron chi connectivity index (χ2n) is 5.83. The van der Waals surface area contributed by atoms with Crippen LogP contribution in [0.25, 0.3) is 0 Å². The zero-order valence-corrected chi connectivity index (χ0v) is 14.7. The molecule has 0 aliphatic carbocycles. The van der Waals surface area contributed by atoms with E-state index in [1.807, 2.05) is 6.92 Å². The number of aryl methyl sites for hydroxylation is 1. The van der Waals surface area contributed by atoms with Crippen molar-refractivity contribution in [1.82, 2.24) is 9.21 Å². The van der Waals surface area contributed by atoms with Gasteiger partial charge in [-0.25, -0.2) is 8.42 Å². The SMILES string of the molecule is CCC(C)N1CCN(S(=O)(=O)c2ccc(OC)c(C)c2)CC1. The van der Waals surface area contributed by atoms with E-state index in [-0.39, 0.29) is 0 Å². The van der Waals surface area contributed by atoms with Gasteiger partial charge in [-0.2, -0.15) is 4.31 Å². The minimum atomic E-state index is -3.41. The molecule has 0 radical (unpaired) electrons. The average Bonchev–Trinajstić information content (AvgIpc) is 2.54. The minimum absolute atomic E-state index is 0.350. The normalized spacial score (nSPS) is 19.1. The van der Waals surface area contributed by atoms with Gasteiger partial charge in [0.1, 0.15) is 5.75 Å². The first-order valence-corrected chi connectivity index (χ1v) is 9.23. The molecule has 0 aromatic heterocycles. The molecule has 2 rings (SSSR count). The van der Waals surface area contributed by atoms with Gasteiger partial charge in [0.2, 0.25) is 10.0 Å². The van der Waals surface area contributed by atoms with Crippen LogP contribution in [0.5, 0.6) is 5.75 Å². The van der Waals surface area contributed by atoms with Gasteiger partial charge in [0.25, 0.3) is 0 Å². The van der Waals surface area contributed by atoms with Gasteiger partial charge in [0.15, 0.2) is 0 Å². The van der Waals surface area contributed by atoms with E-state index in [0.29, 0.717) is 29.8 Å². The van der Waals surface area contributed by atoms with E-state index in [2.05, 4.69) is 18.7 Å². The van der Waals surface area contributed by atoms with E-state index < -0.39 is 10.0 Å². The molecule has 0 saturated carbocycles. The second-order valence-corrected chi connectivity index (χ2v) is 7.77. The van der Waals surface area contributed by atoms with Crippen molar-refractivity contribution in [3.8, 4) is 5.75 Å². The van der Waals surface area contributed by atoms with Crippen LogP contribution in [0, 0.1) is 6.92 Å². The van der Waals surface area contributed by atoms with E-state index >= 15 is 0 Å². The maximum absolute atomic E-state index is 12.8. The first-order valence-electron chi connectivity index (χ1n) is 7.79. The zero-order valence-electron chi connectivity index (χ0n) is 13.9. The summed E-state index contributed by atoms with van der Waals surface area (Å²) in [5.41, 5.74) is 0.835. The summed E-state index contributed by atoms with van der Waals surface area (Å²) < 4.78 is 32.3. The molecule has 1 unspecified atom stereocenters. The van der Waals surface area contributed by atoms with Crippen LogP contribution >= 0.6 is 0 Å². The van der Waals surface area contributed by atoms with Crippen LogP contribution in [0.15, 0.2) is 23.1 Å². The number of ether oxygens (including phenoxy) is 1. The molecule has 22 heavy (non-hydrogen) atoms. The third-order valence-corrected chi connectivity index (χ3v) is 6.39. The Labute approximate surface area is 133 Å². The Balaban J connectivity index is 2.13. The molecule has 0 bridgehead atoms. The van der Waals surface area contributed by atoms with Crippen LogP contribution < -0.4 is 4.74 Å². The predicted octanol–water partition coefficient (Wildman–Crippen LogP) is 2.11. The molecule has 1 aromatic carbocycles. The molecule has 1 aliphatic rings. The van der Waals surface area contributed by atoms with Gasteiger partial charge in [-0.15, -0.1) is 0 Å². The number of nitrogens with zero attached hydrogens (tertiary/aromatic N) is 2. The van der Waals surface area contributed by atoms with Gasteiger partial charge in [-0.3, -0.25) is 4.90 Å². The standard InChI is InChI=1S/C16H26N2O3S/c1-5-14(3)17-8-10-18(11-9-17)22(19,20)15-6-7-16(21-4)13(2)12-15/h6-7,12,14H,5,8-11H2,1-4H3.